The number of hydrogen-bond donors (Lipinski definition) is 1. The number of rotatable bonds is 2. The topological polar surface area (TPSA) is 29.3 Å². The fourth-order valence-electron chi connectivity index (χ4n) is 3.69. The lowest BCUT2D eigenvalue weighted by molar-refractivity contribution is 0.454. The molecule has 1 aliphatic heterocycles. The summed E-state index contributed by atoms with van der Waals surface area (Å²) in [6.45, 7) is 10.9. The molecule has 0 aliphatic carbocycles. The first-order chi connectivity index (χ1) is 11.3. The minimum atomic E-state index is 0.195. The van der Waals surface area contributed by atoms with Gasteiger partial charge in [-0.1, -0.05) is 62.7 Å². The molecule has 1 saturated heterocycles. The lowest BCUT2D eigenvalue weighted by Gasteiger charge is -2.38. The molecule has 0 aromatic heterocycles. The second kappa shape index (κ2) is 6.60. The standard InChI is InChI=1S/C22H30N2/c1-16-6-5-7-17(12-16)18-13-20(23)15-24(14-18)21-10-8-19(9-11-21)22(2,3)4/h5-12,18,20H,13-15,23H2,1-4H3. The Morgan fingerprint density at radius 2 is 1.71 bits per heavy atom. The molecule has 0 radical (unpaired) electrons. The maximum atomic E-state index is 6.39. The van der Waals surface area contributed by atoms with Crippen molar-refractivity contribution in [3.05, 3.63) is 65.2 Å². The highest BCUT2D eigenvalue weighted by Crippen LogP contribution is 2.31. The zero-order chi connectivity index (χ0) is 17.3. The first kappa shape index (κ1) is 17.0. The van der Waals surface area contributed by atoms with Crippen LogP contribution in [-0.2, 0) is 5.41 Å². The fraction of sp³-hybridized carbons (Fsp3) is 0.455. The second-order valence-electron chi connectivity index (χ2n) is 8.31. The van der Waals surface area contributed by atoms with Gasteiger partial charge in [0.2, 0.25) is 0 Å². The zero-order valence-corrected chi connectivity index (χ0v) is 15.4. The Labute approximate surface area is 146 Å². The summed E-state index contributed by atoms with van der Waals surface area (Å²) in [7, 11) is 0. The van der Waals surface area contributed by atoms with E-state index in [1.807, 2.05) is 0 Å². The van der Waals surface area contributed by atoms with Crippen molar-refractivity contribution in [3.63, 3.8) is 0 Å². The predicted octanol–water partition coefficient (Wildman–Crippen LogP) is 4.61. The van der Waals surface area contributed by atoms with Gasteiger partial charge in [0.1, 0.15) is 0 Å². The molecule has 128 valence electrons. The predicted molar refractivity (Wildman–Crippen MR) is 104 cm³/mol. The quantitative estimate of drug-likeness (QED) is 0.874. The Bertz CT molecular complexity index is 682. The van der Waals surface area contributed by atoms with E-state index in [9.17, 15) is 0 Å². The van der Waals surface area contributed by atoms with Gasteiger partial charge in [0.15, 0.2) is 0 Å². The largest absolute Gasteiger partial charge is 0.369 e. The summed E-state index contributed by atoms with van der Waals surface area (Å²) < 4.78 is 0. The van der Waals surface area contributed by atoms with Crippen molar-refractivity contribution < 1.29 is 0 Å². The van der Waals surface area contributed by atoms with Gasteiger partial charge >= 0.3 is 0 Å². The molecule has 0 bridgehead atoms. The number of hydrogen-bond acceptors (Lipinski definition) is 2. The third kappa shape index (κ3) is 3.81. The molecule has 2 nitrogen and oxygen atoms in total. The zero-order valence-electron chi connectivity index (χ0n) is 15.4. The maximum absolute atomic E-state index is 6.39. The summed E-state index contributed by atoms with van der Waals surface area (Å²) in [5.41, 5.74) is 12.0. The van der Waals surface area contributed by atoms with Gasteiger partial charge < -0.3 is 10.6 Å². The monoisotopic (exact) mass is 322 g/mol. The van der Waals surface area contributed by atoms with Crippen molar-refractivity contribution in [3.8, 4) is 0 Å². The first-order valence-corrected chi connectivity index (χ1v) is 9.00. The lowest BCUT2D eigenvalue weighted by Crippen LogP contribution is -2.46. The molecule has 1 heterocycles. The molecular weight excluding hydrogens is 292 g/mol. The molecule has 24 heavy (non-hydrogen) atoms. The van der Waals surface area contributed by atoms with Gasteiger partial charge in [0.25, 0.3) is 0 Å². The number of nitrogens with zero attached hydrogens (tertiary/aromatic N) is 1. The third-order valence-corrected chi connectivity index (χ3v) is 5.09. The van der Waals surface area contributed by atoms with Crippen LogP contribution in [-0.4, -0.2) is 19.1 Å². The minimum Gasteiger partial charge on any atom is -0.369 e. The molecule has 1 aliphatic rings. The second-order valence-corrected chi connectivity index (χ2v) is 8.31. The highest BCUT2D eigenvalue weighted by molar-refractivity contribution is 5.50. The first-order valence-electron chi connectivity index (χ1n) is 9.00. The highest BCUT2D eigenvalue weighted by atomic mass is 15.2. The molecule has 0 saturated carbocycles. The summed E-state index contributed by atoms with van der Waals surface area (Å²) in [5, 5.41) is 0. The van der Waals surface area contributed by atoms with Crippen molar-refractivity contribution >= 4 is 5.69 Å². The molecular formula is C22H30N2. The molecule has 2 atom stereocenters. The molecule has 2 aromatic rings. The Hall–Kier alpha value is -1.80. The summed E-state index contributed by atoms with van der Waals surface area (Å²) in [4.78, 5) is 2.45. The molecule has 3 rings (SSSR count). The van der Waals surface area contributed by atoms with E-state index in [-0.39, 0.29) is 11.5 Å². The molecule has 2 N–H and O–H groups in total. The SMILES string of the molecule is Cc1cccc(C2CC(N)CN(c3ccc(C(C)(C)C)cc3)C2)c1. The summed E-state index contributed by atoms with van der Waals surface area (Å²) >= 11 is 0. The van der Waals surface area contributed by atoms with Crippen molar-refractivity contribution in [2.45, 2.75) is 51.5 Å². The van der Waals surface area contributed by atoms with Crippen LogP contribution in [0.5, 0.6) is 0 Å². The summed E-state index contributed by atoms with van der Waals surface area (Å²) in [6.07, 6.45) is 1.07. The van der Waals surface area contributed by atoms with Crippen LogP contribution in [0.2, 0.25) is 0 Å². The van der Waals surface area contributed by atoms with Crippen molar-refractivity contribution in [2.75, 3.05) is 18.0 Å². The van der Waals surface area contributed by atoms with Crippen LogP contribution in [0.1, 0.15) is 49.8 Å². The summed E-state index contributed by atoms with van der Waals surface area (Å²) in [6, 6.07) is 18.1. The van der Waals surface area contributed by atoms with E-state index in [0.29, 0.717) is 5.92 Å². The van der Waals surface area contributed by atoms with Crippen LogP contribution < -0.4 is 10.6 Å². The van der Waals surface area contributed by atoms with E-state index in [2.05, 4.69) is 81.1 Å². The Kier molecular flexibility index (Phi) is 4.69. The Morgan fingerprint density at radius 3 is 2.33 bits per heavy atom. The highest BCUT2D eigenvalue weighted by Gasteiger charge is 2.26. The van der Waals surface area contributed by atoms with E-state index >= 15 is 0 Å². The average Bonchev–Trinajstić information content (AvgIpc) is 2.53. The molecule has 1 fully saturated rings. The Balaban J connectivity index is 1.81. The van der Waals surface area contributed by atoms with Crippen molar-refractivity contribution in [2.24, 2.45) is 5.73 Å². The number of piperidine rings is 1. The van der Waals surface area contributed by atoms with Crippen LogP contribution in [0.15, 0.2) is 48.5 Å². The van der Waals surface area contributed by atoms with Gasteiger partial charge in [-0.15, -0.1) is 0 Å². The van der Waals surface area contributed by atoms with Crippen LogP contribution in [0, 0.1) is 6.92 Å². The van der Waals surface area contributed by atoms with E-state index in [1.165, 1.54) is 22.4 Å². The molecule has 0 amide bonds. The van der Waals surface area contributed by atoms with Gasteiger partial charge in [-0.05, 0) is 42.0 Å². The van der Waals surface area contributed by atoms with Gasteiger partial charge in [0.05, 0.1) is 0 Å². The molecule has 0 spiro atoms. The van der Waals surface area contributed by atoms with E-state index in [4.69, 9.17) is 5.73 Å². The lowest BCUT2D eigenvalue weighted by atomic mass is 9.86. The van der Waals surface area contributed by atoms with Crippen LogP contribution >= 0.6 is 0 Å². The number of benzene rings is 2. The van der Waals surface area contributed by atoms with Gasteiger partial charge in [-0.2, -0.15) is 0 Å². The normalized spacial score (nSPS) is 21.8. The maximum Gasteiger partial charge on any atom is 0.0367 e. The molecule has 2 unspecified atom stereocenters. The van der Waals surface area contributed by atoms with Crippen LogP contribution in [0.3, 0.4) is 0 Å². The Morgan fingerprint density at radius 1 is 1.00 bits per heavy atom. The number of nitrogens with two attached hydrogens (primary N) is 1. The molecule has 2 aromatic carbocycles. The van der Waals surface area contributed by atoms with Crippen molar-refractivity contribution in [1.29, 1.82) is 0 Å². The van der Waals surface area contributed by atoms with E-state index in [1.54, 1.807) is 0 Å². The van der Waals surface area contributed by atoms with Crippen LogP contribution in [0.25, 0.3) is 0 Å². The van der Waals surface area contributed by atoms with Gasteiger partial charge in [0, 0.05) is 30.7 Å². The summed E-state index contributed by atoms with van der Waals surface area (Å²) in [5.74, 6) is 0.510. The minimum absolute atomic E-state index is 0.195. The van der Waals surface area contributed by atoms with E-state index in [0.717, 1.165) is 19.5 Å². The van der Waals surface area contributed by atoms with E-state index < -0.39 is 0 Å². The number of anilines is 1. The van der Waals surface area contributed by atoms with Gasteiger partial charge in [-0.3, -0.25) is 0 Å². The van der Waals surface area contributed by atoms with Gasteiger partial charge in [-0.25, -0.2) is 0 Å². The average molecular weight is 322 g/mol. The fourth-order valence-corrected chi connectivity index (χ4v) is 3.69. The van der Waals surface area contributed by atoms with Crippen LogP contribution in [0.4, 0.5) is 5.69 Å². The molecule has 2 heteroatoms. The smallest absolute Gasteiger partial charge is 0.0367 e. The number of aryl methyl sites for hydroxylation is 1. The third-order valence-electron chi connectivity index (χ3n) is 5.09. The van der Waals surface area contributed by atoms with Crippen molar-refractivity contribution in [1.82, 2.24) is 0 Å².